The van der Waals surface area contributed by atoms with Crippen molar-refractivity contribution in [2.75, 3.05) is 31.5 Å². The first-order valence-electron chi connectivity index (χ1n) is 7.27. The molecule has 0 atom stereocenters. The normalized spacial score (nSPS) is 15.8. The number of amides is 2. The van der Waals surface area contributed by atoms with E-state index < -0.39 is 5.82 Å². The highest BCUT2D eigenvalue weighted by molar-refractivity contribution is 5.89. The number of hydrogen-bond donors (Lipinski definition) is 1. The number of rotatable bonds is 3. The van der Waals surface area contributed by atoms with Crippen LogP contribution in [0.15, 0.2) is 47.1 Å². The van der Waals surface area contributed by atoms with Crippen molar-refractivity contribution in [3.8, 4) is 0 Å². The van der Waals surface area contributed by atoms with Crippen LogP contribution in [-0.2, 0) is 6.54 Å². The van der Waals surface area contributed by atoms with Gasteiger partial charge in [-0.3, -0.25) is 4.90 Å². The number of halogens is 1. The number of anilines is 1. The van der Waals surface area contributed by atoms with E-state index in [2.05, 4.69) is 10.2 Å². The molecule has 2 aromatic rings. The lowest BCUT2D eigenvalue weighted by molar-refractivity contribution is 0.137. The van der Waals surface area contributed by atoms with E-state index in [1.165, 1.54) is 6.07 Å². The zero-order chi connectivity index (χ0) is 15.4. The highest BCUT2D eigenvalue weighted by atomic mass is 19.1. The van der Waals surface area contributed by atoms with Crippen molar-refractivity contribution >= 4 is 11.7 Å². The Morgan fingerprint density at radius 3 is 2.59 bits per heavy atom. The summed E-state index contributed by atoms with van der Waals surface area (Å²) < 4.78 is 18.9. The second-order valence-electron chi connectivity index (χ2n) is 5.25. The molecule has 3 rings (SSSR count). The molecule has 1 aromatic carbocycles. The van der Waals surface area contributed by atoms with Gasteiger partial charge in [0, 0.05) is 26.2 Å². The Morgan fingerprint density at radius 1 is 1.14 bits per heavy atom. The van der Waals surface area contributed by atoms with Crippen LogP contribution in [0.3, 0.4) is 0 Å². The number of carbonyl (C=O) groups is 1. The molecule has 1 fully saturated rings. The first kappa shape index (κ1) is 14.6. The molecule has 1 aromatic heterocycles. The largest absolute Gasteiger partial charge is 0.468 e. The second kappa shape index (κ2) is 6.62. The fourth-order valence-electron chi connectivity index (χ4n) is 2.49. The minimum atomic E-state index is -0.424. The Labute approximate surface area is 128 Å². The van der Waals surface area contributed by atoms with Crippen molar-refractivity contribution in [2.45, 2.75) is 6.54 Å². The fraction of sp³-hybridized carbons (Fsp3) is 0.312. The SMILES string of the molecule is O=C(Nc1ccccc1F)N1CCN(Cc2ccco2)CC1. The Bertz CT molecular complexity index is 622. The van der Waals surface area contributed by atoms with Crippen molar-refractivity contribution < 1.29 is 13.6 Å². The van der Waals surface area contributed by atoms with Crippen LogP contribution in [0.5, 0.6) is 0 Å². The van der Waals surface area contributed by atoms with Gasteiger partial charge in [-0.2, -0.15) is 0 Å². The van der Waals surface area contributed by atoms with Gasteiger partial charge in [0.15, 0.2) is 0 Å². The molecule has 6 heteroatoms. The highest BCUT2D eigenvalue weighted by Crippen LogP contribution is 2.14. The van der Waals surface area contributed by atoms with Gasteiger partial charge in [-0.1, -0.05) is 12.1 Å². The predicted octanol–water partition coefficient (Wildman–Crippen LogP) is 2.77. The van der Waals surface area contributed by atoms with Crippen LogP contribution in [0, 0.1) is 5.82 Å². The Hall–Kier alpha value is -2.34. The summed E-state index contributed by atoms with van der Waals surface area (Å²) in [6.45, 7) is 3.51. The van der Waals surface area contributed by atoms with Gasteiger partial charge in [0.05, 0.1) is 18.5 Å². The van der Waals surface area contributed by atoms with Crippen LogP contribution in [0.25, 0.3) is 0 Å². The van der Waals surface area contributed by atoms with Gasteiger partial charge in [-0.15, -0.1) is 0 Å². The molecule has 1 saturated heterocycles. The predicted molar refractivity (Wildman–Crippen MR) is 81.0 cm³/mol. The number of nitrogens with one attached hydrogen (secondary N) is 1. The molecule has 22 heavy (non-hydrogen) atoms. The third-order valence-electron chi connectivity index (χ3n) is 3.73. The zero-order valence-electron chi connectivity index (χ0n) is 12.2. The van der Waals surface area contributed by atoms with Crippen LogP contribution < -0.4 is 5.32 Å². The van der Waals surface area contributed by atoms with Crippen molar-refractivity contribution in [3.05, 3.63) is 54.2 Å². The van der Waals surface area contributed by atoms with E-state index in [0.717, 1.165) is 25.4 Å². The number of piperazine rings is 1. The quantitative estimate of drug-likeness (QED) is 0.948. The smallest absolute Gasteiger partial charge is 0.322 e. The molecule has 0 radical (unpaired) electrons. The summed E-state index contributed by atoms with van der Waals surface area (Å²) >= 11 is 0. The number of hydrogen-bond acceptors (Lipinski definition) is 3. The summed E-state index contributed by atoms with van der Waals surface area (Å²) in [6.07, 6.45) is 1.66. The van der Waals surface area contributed by atoms with E-state index in [-0.39, 0.29) is 11.7 Å². The number of para-hydroxylation sites is 1. The average molecular weight is 303 g/mol. The standard InChI is InChI=1S/C16H18FN3O2/c17-14-5-1-2-6-15(14)18-16(21)20-9-7-19(8-10-20)12-13-4-3-11-22-13/h1-6,11H,7-10,12H2,(H,18,21). The highest BCUT2D eigenvalue weighted by Gasteiger charge is 2.22. The second-order valence-corrected chi connectivity index (χ2v) is 5.25. The van der Waals surface area contributed by atoms with Crippen LogP contribution in [0.1, 0.15) is 5.76 Å². The summed E-state index contributed by atoms with van der Waals surface area (Å²) in [5.41, 5.74) is 0.213. The molecule has 0 unspecified atom stereocenters. The van der Waals surface area contributed by atoms with Gasteiger partial charge in [0.25, 0.3) is 0 Å². The van der Waals surface area contributed by atoms with Crippen LogP contribution >= 0.6 is 0 Å². The lowest BCUT2D eigenvalue weighted by Gasteiger charge is -2.34. The Kier molecular flexibility index (Phi) is 4.39. The van der Waals surface area contributed by atoms with Gasteiger partial charge in [0.1, 0.15) is 11.6 Å². The van der Waals surface area contributed by atoms with E-state index in [1.54, 1.807) is 29.4 Å². The molecule has 2 heterocycles. The number of nitrogens with zero attached hydrogens (tertiary/aromatic N) is 2. The summed E-state index contributed by atoms with van der Waals surface area (Å²) in [5, 5.41) is 2.62. The van der Waals surface area contributed by atoms with E-state index in [0.29, 0.717) is 13.1 Å². The molecule has 0 bridgehead atoms. The Balaban J connectivity index is 1.50. The monoisotopic (exact) mass is 303 g/mol. The molecule has 2 amide bonds. The van der Waals surface area contributed by atoms with Crippen molar-refractivity contribution in [1.82, 2.24) is 9.80 Å². The fourth-order valence-corrected chi connectivity index (χ4v) is 2.49. The number of carbonyl (C=O) groups excluding carboxylic acids is 1. The average Bonchev–Trinajstić information content (AvgIpc) is 3.03. The van der Waals surface area contributed by atoms with E-state index in [4.69, 9.17) is 4.42 Å². The molecule has 116 valence electrons. The lowest BCUT2D eigenvalue weighted by atomic mass is 10.3. The van der Waals surface area contributed by atoms with Crippen molar-refractivity contribution in [3.63, 3.8) is 0 Å². The van der Waals surface area contributed by atoms with Crippen LogP contribution in [0.4, 0.5) is 14.9 Å². The minimum absolute atomic E-state index is 0.213. The summed E-state index contributed by atoms with van der Waals surface area (Å²) in [6, 6.07) is 9.73. The maximum Gasteiger partial charge on any atom is 0.322 e. The molecular formula is C16H18FN3O2. The maximum atomic E-state index is 13.5. The van der Waals surface area contributed by atoms with E-state index >= 15 is 0 Å². The zero-order valence-corrected chi connectivity index (χ0v) is 12.2. The molecule has 5 nitrogen and oxygen atoms in total. The maximum absolute atomic E-state index is 13.5. The minimum Gasteiger partial charge on any atom is -0.468 e. The molecule has 1 aliphatic heterocycles. The topological polar surface area (TPSA) is 48.7 Å². The molecule has 0 spiro atoms. The van der Waals surface area contributed by atoms with Gasteiger partial charge in [0.2, 0.25) is 0 Å². The first-order chi connectivity index (χ1) is 10.7. The van der Waals surface area contributed by atoms with Gasteiger partial charge in [-0.05, 0) is 24.3 Å². The van der Waals surface area contributed by atoms with Gasteiger partial charge in [-0.25, -0.2) is 9.18 Å². The van der Waals surface area contributed by atoms with Crippen LogP contribution in [-0.4, -0.2) is 42.0 Å². The first-order valence-corrected chi connectivity index (χ1v) is 7.27. The molecular weight excluding hydrogens is 285 g/mol. The van der Waals surface area contributed by atoms with Gasteiger partial charge < -0.3 is 14.6 Å². The van der Waals surface area contributed by atoms with Crippen LogP contribution in [0.2, 0.25) is 0 Å². The molecule has 0 saturated carbocycles. The van der Waals surface area contributed by atoms with Crippen molar-refractivity contribution in [1.29, 1.82) is 0 Å². The van der Waals surface area contributed by atoms with Gasteiger partial charge >= 0.3 is 6.03 Å². The molecule has 1 aliphatic rings. The third kappa shape index (κ3) is 3.46. The third-order valence-corrected chi connectivity index (χ3v) is 3.73. The summed E-state index contributed by atoms with van der Waals surface area (Å²) in [4.78, 5) is 16.1. The van der Waals surface area contributed by atoms with Crippen molar-refractivity contribution in [2.24, 2.45) is 0 Å². The molecule has 1 N–H and O–H groups in total. The number of benzene rings is 1. The number of furan rings is 1. The lowest BCUT2D eigenvalue weighted by Crippen LogP contribution is -2.49. The van der Waals surface area contributed by atoms with E-state index in [9.17, 15) is 9.18 Å². The summed E-state index contributed by atoms with van der Waals surface area (Å²) in [5.74, 6) is 0.497. The number of urea groups is 1. The Morgan fingerprint density at radius 2 is 1.91 bits per heavy atom. The van der Waals surface area contributed by atoms with E-state index in [1.807, 2.05) is 12.1 Å². The summed E-state index contributed by atoms with van der Waals surface area (Å²) in [7, 11) is 0. The molecule has 0 aliphatic carbocycles.